The fourth-order valence-corrected chi connectivity index (χ4v) is 5.11. The number of halogens is 1. The summed E-state index contributed by atoms with van der Waals surface area (Å²) in [6.07, 6.45) is 8.41. The number of pyridine rings is 2. The maximum Gasteiger partial charge on any atom is 0.0705 e. The van der Waals surface area contributed by atoms with Gasteiger partial charge in [-0.25, -0.2) is 0 Å². The number of aryl methyl sites for hydroxylation is 2. The van der Waals surface area contributed by atoms with E-state index in [-0.39, 0.29) is 12.4 Å². The van der Waals surface area contributed by atoms with E-state index in [1.807, 2.05) is 0 Å². The molecule has 0 N–H and O–H groups in total. The maximum absolute atomic E-state index is 4.88. The maximum atomic E-state index is 4.88. The standard InChI is InChI=1S/C28H31N3.ClH/c1-31-25(19-17-23-15-13-21-7-2-4-11-27(21)29-23)9-6-10-26(31)20-18-24-16-14-22-8-3-5-12-28(22)30-24;/h2-5,7-8,11-16,25-26H,6,9-10,17-20H2,1H3;1H/t25-,26+;. The monoisotopic (exact) mass is 445 g/mol. The number of hydrogen-bond donors (Lipinski definition) is 0. The van der Waals surface area contributed by atoms with E-state index in [0.29, 0.717) is 12.1 Å². The predicted octanol–water partition coefficient (Wildman–Crippen LogP) is 6.62. The first-order valence-electron chi connectivity index (χ1n) is 11.7. The summed E-state index contributed by atoms with van der Waals surface area (Å²) in [7, 11) is 2.33. The van der Waals surface area contributed by atoms with Gasteiger partial charge in [-0.05, 0) is 69.8 Å². The van der Waals surface area contributed by atoms with Crippen LogP contribution in [0.15, 0.2) is 72.8 Å². The van der Waals surface area contributed by atoms with Crippen molar-refractivity contribution < 1.29 is 0 Å². The van der Waals surface area contributed by atoms with E-state index in [2.05, 4.69) is 84.7 Å². The average Bonchev–Trinajstić information content (AvgIpc) is 2.82. The van der Waals surface area contributed by atoms with Crippen molar-refractivity contribution in [2.45, 2.75) is 57.0 Å². The van der Waals surface area contributed by atoms with Crippen LogP contribution in [0.5, 0.6) is 0 Å². The highest BCUT2D eigenvalue weighted by molar-refractivity contribution is 5.85. The molecule has 0 amide bonds. The van der Waals surface area contributed by atoms with Crippen molar-refractivity contribution in [2.75, 3.05) is 7.05 Å². The van der Waals surface area contributed by atoms with Crippen molar-refractivity contribution in [3.8, 4) is 0 Å². The van der Waals surface area contributed by atoms with Gasteiger partial charge in [0.25, 0.3) is 0 Å². The van der Waals surface area contributed by atoms with E-state index in [1.54, 1.807) is 0 Å². The summed E-state index contributed by atoms with van der Waals surface area (Å²) < 4.78 is 0. The first-order chi connectivity index (χ1) is 15.3. The third kappa shape index (κ3) is 5.11. The number of piperidine rings is 1. The molecule has 32 heavy (non-hydrogen) atoms. The van der Waals surface area contributed by atoms with Gasteiger partial charge < -0.3 is 4.90 Å². The topological polar surface area (TPSA) is 29.0 Å². The number of para-hydroxylation sites is 2. The second-order valence-electron chi connectivity index (χ2n) is 8.97. The molecule has 2 atom stereocenters. The largest absolute Gasteiger partial charge is 0.300 e. The molecule has 0 saturated carbocycles. The molecule has 166 valence electrons. The lowest BCUT2D eigenvalue weighted by Gasteiger charge is -2.40. The Hall–Kier alpha value is -2.49. The Kier molecular flexibility index (Phi) is 7.39. The van der Waals surface area contributed by atoms with Crippen LogP contribution in [0.4, 0.5) is 0 Å². The van der Waals surface area contributed by atoms with E-state index in [4.69, 9.17) is 9.97 Å². The summed E-state index contributed by atoms with van der Waals surface area (Å²) in [4.78, 5) is 12.4. The van der Waals surface area contributed by atoms with Crippen LogP contribution in [-0.2, 0) is 12.8 Å². The van der Waals surface area contributed by atoms with Gasteiger partial charge >= 0.3 is 0 Å². The Morgan fingerprint density at radius 1 is 0.688 bits per heavy atom. The molecule has 2 aromatic carbocycles. The Morgan fingerprint density at radius 2 is 1.16 bits per heavy atom. The number of benzene rings is 2. The van der Waals surface area contributed by atoms with Gasteiger partial charge in [0.1, 0.15) is 0 Å². The molecule has 3 heterocycles. The number of hydrogen-bond acceptors (Lipinski definition) is 3. The van der Waals surface area contributed by atoms with E-state index in [0.717, 1.165) is 23.9 Å². The minimum absolute atomic E-state index is 0. The molecule has 1 aliphatic heterocycles. The second kappa shape index (κ2) is 10.4. The Labute approximate surface area is 197 Å². The number of nitrogens with zero attached hydrogens (tertiary/aromatic N) is 3. The van der Waals surface area contributed by atoms with Gasteiger partial charge in [0.2, 0.25) is 0 Å². The SMILES string of the molecule is CN1[C@@H](CCc2ccc3ccccc3n2)CCC[C@H]1CCc1ccc2ccccc2n1.Cl. The second-order valence-corrected chi connectivity index (χ2v) is 8.97. The molecular formula is C28H32ClN3. The number of rotatable bonds is 6. The van der Waals surface area contributed by atoms with Crippen LogP contribution in [0.2, 0.25) is 0 Å². The van der Waals surface area contributed by atoms with Crippen LogP contribution in [-0.4, -0.2) is 34.0 Å². The fourth-order valence-electron chi connectivity index (χ4n) is 5.11. The third-order valence-corrected chi connectivity index (χ3v) is 7.01. The number of fused-ring (bicyclic) bond motifs is 2. The molecule has 3 nitrogen and oxygen atoms in total. The third-order valence-electron chi connectivity index (χ3n) is 7.01. The van der Waals surface area contributed by atoms with Crippen molar-refractivity contribution in [2.24, 2.45) is 0 Å². The van der Waals surface area contributed by atoms with Crippen LogP contribution < -0.4 is 0 Å². The van der Waals surface area contributed by atoms with Crippen LogP contribution in [0.1, 0.15) is 43.5 Å². The number of aromatic nitrogens is 2. The zero-order chi connectivity index (χ0) is 21.0. The van der Waals surface area contributed by atoms with Gasteiger partial charge in [0.15, 0.2) is 0 Å². The molecule has 4 aromatic rings. The van der Waals surface area contributed by atoms with Gasteiger partial charge in [0.05, 0.1) is 11.0 Å². The van der Waals surface area contributed by atoms with E-state index in [1.165, 1.54) is 54.3 Å². The molecule has 4 heteroatoms. The van der Waals surface area contributed by atoms with Crippen molar-refractivity contribution >= 4 is 34.2 Å². The van der Waals surface area contributed by atoms with Crippen LogP contribution in [0, 0.1) is 0 Å². The first kappa shape index (κ1) is 22.7. The Balaban J connectivity index is 0.00000245. The van der Waals surface area contributed by atoms with Gasteiger partial charge in [-0.2, -0.15) is 0 Å². The smallest absolute Gasteiger partial charge is 0.0705 e. The summed E-state index contributed by atoms with van der Waals surface area (Å²) in [5, 5.41) is 2.45. The first-order valence-corrected chi connectivity index (χ1v) is 11.7. The molecule has 0 radical (unpaired) electrons. The van der Waals surface area contributed by atoms with Gasteiger partial charge in [-0.15, -0.1) is 12.4 Å². The summed E-state index contributed by atoms with van der Waals surface area (Å²) >= 11 is 0. The van der Waals surface area contributed by atoms with E-state index < -0.39 is 0 Å². The quantitative estimate of drug-likeness (QED) is 0.333. The van der Waals surface area contributed by atoms with Crippen LogP contribution >= 0.6 is 12.4 Å². The van der Waals surface area contributed by atoms with Gasteiger partial charge in [-0.3, -0.25) is 9.97 Å². The highest BCUT2D eigenvalue weighted by Gasteiger charge is 2.27. The Morgan fingerprint density at radius 3 is 1.66 bits per heavy atom. The zero-order valence-electron chi connectivity index (χ0n) is 18.8. The summed E-state index contributed by atoms with van der Waals surface area (Å²) in [5.41, 5.74) is 4.65. The summed E-state index contributed by atoms with van der Waals surface area (Å²) in [6, 6.07) is 26.9. The van der Waals surface area contributed by atoms with E-state index in [9.17, 15) is 0 Å². The lowest BCUT2D eigenvalue weighted by atomic mass is 9.90. The van der Waals surface area contributed by atoms with Crippen molar-refractivity contribution in [3.05, 3.63) is 84.2 Å². The molecule has 0 bridgehead atoms. The molecule has 5 rings (SSSR count). The number of likely N-dealkylation sites (tertiary alicyclic amines) is 1. The lowest BCUT2D eigenvalue weighted by Crippen LogP contribution is -2.44. The van der Waals surface area contributed by atoms with E-state index >= 15 is 0 Å². The zero-order valence-corrected chi connectivity index (χ0v) is 19.6. The van der Waals surface area contributed by atoms with Crippen LogP contribution in [0.25, 0.3) is 21.8 Å². The minimum Gasteiger partial charge on any atom is -0.300 e. The molecule has 1 fully saturated rings. The van der Waals surface area contributed by atoms with Crippen LogP contribution in [0.3, 0.4) is 0 Å². The van der Waals surface area contributed by atoms with Crippen molar-refractivity contribution in [1.29, 1.82) is 0 Å². The molecular weight excluding hydrogens is 414 g/mol. The molecule has 2 aromatic heterocycles. The van der Waals surface area contributed by atoms with Crippen molar-refractivity contribution in [3.63, 3.8) is 0 Å². The fraction of sp³-hybridized carbons (Fsp3) is 0.357. The molecule has 1 saturated heterocycles. The molecule has 0 aliphatic carbocycles. The Bertz CT molecular complexity index is 1080. The molecule has 0 unspecified atom stereocenters. The highest BCUT2D eigenvalue weighted by atomic mass is 35.5. The normalized spacial score (nSPS) is 19.2. The minimum atomic E-state index is 0. The average molecular weight is 446 g/mol. The lowest BCUT2D eigenvalue weighted by molar-refractivity contribution is 0.102. The van der Waals surface area contributed by atoms with Gasteiger partial charge in [-0.1, -0.05) is 55.0 Å². The molecule has 1 aliphatic rings. The van der Waals surface area contributed by atoms with Crippen molar-refractivity contribution in [1.82, 2.24) is 14.9 Å². The highest BCUT2D eigenvalue weighted by Crippen LogP contribution is 2.27. The summed E-state index contributed by atoms with van der Waals surface area (Å²) in [6.45, 7) is 0. The summed E-state index contributed by atoms with van der Waals surface area (Å²) in [5.74, 6) is 0. The molecule has 0 spiro atoms. The predicted molar refractivity (Wildman–Crippen MR) is 137 cm³/mol. The van der Waals surface area contributed by atoms with Gasteiger partial charge in [0, 0.05) is 34.2 Å².